The van der Waals surface area contributed by atoms with Crippen LogP contribution in [0.25, 0.3) is 0 Å². The number of rotatable bonds is 4. The van der Waals surface area contributed by atoms with Crippen molar-refractivity contribution < 1.29 is 14.3 Å². The number of carbonyl (C=O) groups is 1. The molecule has 1 aliphatic heterocycles. The Kier molecular flexibility index (Phi) is 3.98. The third kappa shape index (κ3) is 2.76. The Balaban J connectivity index is 1.84. The number of nitrogens with two attached hydrogens (primary N) is 1. The summed E-state index contributed by atoms with van der Waals surface area (Å²) in [5.74, 6) is 1.37. The quantitative estimate of drug-likeness (QED) is 0.939. The second kappa shape index (κ2) is 6.07. The van der Waals surface area contributed by atoms with Gasteiger partial charge in [-0.25, -0.2) is 0 Å². The van der Waals surface area contributed by atoms with Gasteiger partial charge in [0.2, 0.25) is 0 Å². The highest BCUT2D eigenvalue weighted by molar-refractivity contribution is 5.97. The van der Waals surface area contributed by atoms with E-state index in [1.54, 1.807) is 12.0 Å². The van der Waals surface area contributed by atoms with Gasteiger partial charge in [-0.1, -0.05) is 24.3 Å². The fourth-order valence-corrected chi connectivity index (χ4v) is 2.53. The maximum absolute atomic E-state index is 12.2. The number of amides is 1. The largest absolute Gasteiger partial charge is 0.497 e. The minimum atomic E-state index is -0.301. The van der Waals surface area contributed by atoms with E-state index in [4.69, 9.17) is 15.2 Å². The average Bonchev–Trinajstić information content (AvgIpc) is 2.57. The lowest BCUT2D eigenvalue weighted by Gasteiger charge is -2.31. The van der Waals surface area contributed by atoms with Gasteiger partial charge in [-0.15, -0.1) is 0 Å². The number of para-hydroxylation sites is 2. The first-order valence-corrected chi connectivity index (χ1v) is 7.11. The summed E-state index contributed by atoms with van der Waals surface area (Å²) in [6.45, 7) is 0.439. The molecule has 0 radical (unpaired) electrons. The van der Waals surface area contributed by atoms with E-state index in [2.05, 4.69) is 0 Å². The molecule has 2 aromatic rings. The summed E-state index contributed by atoms with van der Waals surface area (Å²) in [6, 6.07) is 14.8. The molecule has 0 aromatic heterocycles. The minimum Gasteiger partial charge on any atom is -0.497 e. The van der Waals surface area contributed by atoms with Crippen molar-refractivity contribution in [3.63, 3.8) is 0 Å². The van der Waals surface area contributed by atoms with E-state index in [0.29, 0.717) is 12.3 Å². The zero-order valence-corrected chi connectivity index (χ0v) is 12.4. The number of hydrogen-bond acceptors (Lipinski definition) is 4. The van der Waals surface area contributed by atoms with Crippen LogP contribution in [0.1, 0.15) is 11.6 Å². The molecule has 0 fully saturated rings. The Hall–Kier alpha value is -2.53. The first kappa shape index (κ1) is 14.4. The molecule has 2 aromatic carbocycles. The molecule has 1 atom stereocenters. The summed E-state index contributed by atoms with van der Waals surface area (Å²) in [5, 5.41) is 0. The molecular weight excluding hydrogens is 280 g/mol. The van der Waals surface area contributed by atoms with Gasteiger partial charge < -0.3 is 20.1 Å². The number of methoxy groups -OCH3 is 1. The van der Waals surface area contributed by atoms with Crippen molar-refractivity contribution in [2.45, 2.75) is 6.04 Å². The standard InChI is InChI=1S/C17H18N2O3/c1-21-13-6-4-5-12(9-13)14(18)10-19-15-7-2-3-8-16(15)22-11-17(19)20/h2-9,14H,10-11,18H2,1H3. The summed E-state index contributed by atoms with van der Waals surface area (Å²) in [7, 11) is 1.62. The average molecular weight is 298 g/mol. The fourth-order valence-electron chi connectivity index (χ4n) is 2.53. The van der Waals surface area contributed by atoms with Crippen LogP contribution in [0.5, 0.6) is 11.5 Å². The molecule has 1 heterocycles. The third-order valence-corrected chi connectivity index (χ3v) is 3.71. The molecule has 114 valence electrons. The Morgan fingerprint density at radius 3 is 2.91 bits per heavy atom. The van der Waals surface area contributed by atoms with Gasteiger partial charge in [0.05, 0.1) is 12.8 Å². The van der Waals surface area contributed by atoms with E-state index >= 15 is 0 Å². The van der Waals surface area contributed by atoms with Crippen molar-refractivity contribution in [2.75, 3.05) is 25.2 Å². The van der Waals surface area contributed by atoms with Crippen molar-refractivity contribution in [3.05, 3.63) is 54.1 Å². The topological polar surface area (TPSA) is 64.8 Å². The van der Waals surface area contributed by atoms with E-state index in [1.165, 1.54) is 0 Å². The molecule has 22 heavy (non-hydrogen) atoms. The van der Waals surface area contributed by atoms with Crippen molar-refractivity contribution >= 4 is 11.6 Å². The Morgan fingerprint density at radius 1 is 1.27 bits per heavy atom. The summed E-state index contributed by atoms with van der Waals surface area (Å²) in [6.07, 6.45) is 0. The second-order valence-electron chi connectivity index (χ2n) is 5.14. The van der Waals surface area contributed by atoms with Gasteiger partial charge in [0.25, 0.3) is 5.91 Å². The fraction of sp³-hybridized carbons (Fsp3) is 0.235. The van der Waals surface area contributed by atoms with Gasteiger partial charge >= 0.3 is 0 Å². The molecule has 2 N–H and O–H groups in total. The van der Waals surface area contributed by atoms with E-state index in [9.17, 15) is 4.79 Å². The van der Waals surface area contributed by atoms with E-state index < -0.39 is 0 Å². The molecule has 0 saturated carbocycles. The van der Waals surface area contributed by atoms with E-state index in [-0.39, 0.29) is 18.6 Å². The third-order valence-electron chi connectivity index (χ3n) is 3.71. The number of hydrogen-bond donors (Lipinski definition) is 1. The van der Waals surface area contributed by atoms with Crippen LogP contribution in [0, 0.1) is 0 Å². The molecule has 0 saturated heterocycles. The molecular formula is C17H18N2O3. The zero-order chi connectivity index (χ0) is 15.5. The smallest absolute Gasteiger partial charge is 0.265 e. The molecule has 0 aliphatic carbocycles. The normalized spacial score (nSPS) is 15.0. The number of ether oxygens (including phenoxy) is 2. The predicted molar refractivity (Wildman–Crippen MR) is 84.2 cm³/mol. The maximum Gasteiger partial charge on any atom is 0.265 e. The van der Waals surface area contributed by atoms with Crippen LogP contribution < -0.4 is 20.1 Å². The van der Waals surface area contributed by atoms with Crippen LogP contribution >= 0.6 is 0 Å². The van der Waals surface area contributed by atoms with Crippen LogP contribution in [0.4, 0.5) is 5.69 Å². The lowest BCUT2D eigenvalue weighted by Crippen LogP contribution is -2.42. The predicted octanol–water partition coefficient (Wildman–Crippen LogP) is 2.12. The van der Waals surface area contributed by atoms with Crippen molar-refractivity contribution in [1.29, 1.82) is 0 Å². The van der Waals surface area contributed by atoms with Gasteiger partial charge in [-0.3, -0.25) is 4.79 Å². The van der Waals surface area contributed by atoms with Gasteiger partial charge in [0.15, 0.2) is 6.61 Å². The van der Waals surface area contributed by atoms with Crippen LogP contribution in [-0.4, -0.2) is 26.2 Å². The first-order chi connectivity index (χ1) is 10.7. The highest BCUT2D eigenvalue weighted by atomic mass is 16.5. The number of carbonyl (C=O) groups excluding carboxylic acids is 1. The highest BCUT2D eigenvalue weighted by Gasteiger charge is 2.26. The lowest BCUT2D eigenvalue weighted by molar-refractivity contribution is -0.121. The second-order valence-corrected chi connectivity index (χ2v) is 5.14. The van der Waals surface area contributed by atoms with Crippen LogP contribution in [0.15, 0.2) is 48.5 Å². The number of fused-ring (bicyclic) bond motifs is 1. The summed E-state index contributed by atoms with van der Waals surface area (Å²) >= 11 is 0. The van der Waals surface area contributed by atoms with Crippen LogP contribution in [-0.2, 0) is 4.79 Å². The monoisotopic (exact) mass is 298 g/mol. The van der Waals surface area contributed by atoms with Gasteiger partial charge in [-0.2, -0.15) is 0 Å². The Labute approximate surface area is 129 Å². The summed E-state index contributed by atoms with van der Waals surface area (Å²) < 4.78 is 10.7. The number of anilines is 1. The maximum atomic E-state index is 12.2. The summed E-state index contributed by atoms with van der Waals surface area (Å²) in [5.41, 5.74) is 7.97. The van der Waals surface area contributed by atoms with Gasteiger partial charge in [0.1, 0.15) is 11.5 Å². The highest BCUT2D eigenvalue weighted by Crippen LogP contribution is 2.32. The first-order valence-electron chi connectivity index (χ1n) is 7.11. The molecule has 3 rings (SSSR count). The SMILES string of the molecule is COc1cccc(C(N)CN2C(=O)COc3ccccc32)c1. The van der Waals surface area contributed by atoms with E-state index in [1.807, 2.05) is 48.5 Å². The number of nitrogens with zero attached hydrogens (tertiary/aromatic N) is 1. The summed E-state index contributed by atoms with van der Waals surface area (Å²) in [4.78, 5) is 13.9. The number of benzene rings is 2. The molecule has 0 spiro atoms. The van der Waals surface area contributed by atoms with Gasteiger partial charge in [-0.05, 0) is 29.8 Å². The molecule has 1 unspecified atom stereocenters. The molecule has 0 bridgehead atoms. The van der Waals surface area contributed by atoms with Crippen LogP contribution in [0.3, 0.4) is 0 Å². The zero-order valence-electron chi connectivity index (χ0n) is 12.4. The molecule has 1 aliphatic rings. The molecule has 5 heteroatoms. The molecule has 1 amide bonds. The molecule has 5 nitrogen and oxygen atoms in total. The van der Waals surface area contributed by atoms with Crippen molar-refractivity contribution in [3.8, 4) is 11.5 Å². The van der Waals surface area contributed by atoms with Crippen molar-refractivity contribution in [2.24, 2.45) is 5.73 Å². The Morgan fingerprint density at radius 2 is 2.09 bits per heavy atom. The van der Waals surface area contributed by atoms with E-state index in [0.717, 1.165) is 17.0 Å². The van der Waals surface area contributed by atoms with Crippen LogP contribution in [0.2, 0.25) is 0 Å². The minimum absolute atomic E-state index is 0.0435. The lowest BCUT2D eigenvalue weighted by atomic mass is 10.1. The van der Waals surface area contributed by atoms with Crippen molar-refractivity contribution in [1.82, 2.24) is 0 Å². The van der Waals surface area contributed by atoms with Gasteiger partial charge in [0, 0.05) is 12.6 Å². The Bertz CT molecular complexity index is 687.